The van der Waals surface area contributed by atoms with E-state index in [1.807, 2.05) is 0 Å². The van der Waals surface area contributed by atoms with Gasteiger partial charge in [0.25, 0.3) is 0 Å². The fraction of sp³-hybridized carbons (Fsp3) is 0.529. The number of nitrogens with one attached hydrogen (secondary N) is 1. The van der Waals surface area contributed by atoms with Crippen LogP contribution in [-0.4, -0.2) is 24.4 Å². The van der Waals surface area contributed by atoms with Gasteiger partial charge in [-0.3, -0.25) is 9.59 Å². The molecule has 1 aliphatic carbocycles. The van der Waals surface area contributed by atoms with Crippen LogP contribution in [0.15, 0.2) is 18.2 Å². The van der Waals surface area contributed by atoms with Crippen LogP contribution in [0.25, 0.3) is 0 Å². The normalized spacial score (nSPS) is 15.7. The monoisotopic (exact) mass is 376 g/mol. The van der Waals surface area contributed by atoms with Crippen molar-refractivity contribution in [2.45, 2.75) is 51.2 Å². The lowest BCUT2D eigenvalue weighted by atomic mass is 9.95. The largest absolute Gasteiger partial charge is 0.418 e. The first-order chi connectivity index (χ1) is 11.7. The summed E-state index contributed by atoms with van der Waals surface area (Å²) in [6.07, 6.45) is 0.147. The fourth-order valence-electron chi connectivity index (χ4n) is 3.00. The van der Waals surface area contributed by atoms with Crippen molar-refractivity contribution in [1.82, 2.24) is 5.32 Å². The number of hydrogen-bond acceptors (Lipinski definition) is 2. The number of rotatable bonds is 4. The summed E-state index contributed by atoms with van der Waals surface area (Å²) in [5.74, 6) is -1.11. The number of carbonyl (C=O) groups excluding carboxylic acids is 2. The number of amides is 2. The first-order valence-electron chi connectivity index (χ1n) is 8.12. The van der Waals surface area contributed by atoms with E-state index in [1.54, 1.807) is 0 Å². The molecule has 0 aliphatic heterocycles. The van der Waals surface area contributed by atoms with E-state index >= 15 is 0 Å². The van der Waals surface area contributed by atoms with Crippen molar-refractivity contribution in [2.75, 3.05) is 11.4 Å². The Hall–Kier alpha value is -1.76. The molecule has 1 fully saturated rings. The Bertz CT molecular complexity index is 643. The molecular formula is C17H20ClF3N2O2. The summed E-state index contributed by atoms with van der Waals surface area (Å²) in [6.45, 7) is 0.666. The minimum Gasteiger partial charge on any atom is -0.352 e. The molecule has 0 unspecified atom stereocenters. The van der Waals surface area contributed by atoms with E-state index in [2.05, 4.69) is 5.32 Å². The molecule has 2 amide bonds. The van der Waals surface area contributed by atoms with Crippen LogP contribution >= 0.6 is 11.6 Å². The number of nitrogens with zero attached hydrogens (tertiary/aromatic N) is 1. The highest BCUT2D eigenvalue weighted by Gasteiger charge is 2.36. The zero-order chi connectivity index (χ0) is 18.6. The lowest BCUT2D eigenvalue weighted by molar-refractivity contribution is -0.137. The molecule has 0 spiro atoms. The van der Waals surface area contributed by atoms with Crippen LogP contribution in [0.3, 0.4) is 0 Å². The predicted molar refractivity (Wildman–Crippen MR) is 89.5 cm³/mol. The van der Waals surface area contributed by atoms with Gasteiger partial charge in [0.05, 0.1) is 11.3 Å². The summed E-state index contributed by atoms with van der Waals surface area (Å²) >= 11 is 5.66. The fourth-order valence-corrected chi connectivity index (χ4v) is 3.17. The molecule has 1 aliphatic rings. The van der Waals surface area contributed by atoms with Crippen LogP contribution in [-0.2, 0) is 15.8 Å². The lowest BCUT2D eigenvalue weighted by Crippen LogP contribution is -2.44. The number of carbonyl (C=O) groups is 2. The molecule has 0 atom stereocenters. The van der Waals surface area contributed by atoms with Crippen LogP contribution in [0.2, 0.25) is 5.02 Å². The van der Waals surface area contributed by atoms with E-state index in [0.29, 0.717) is 0 Å². The van der Waals surface area contributed by atoms with Crippen molar-refractivity contribution < 1.29 is 22.8 Å². The van der Waals surface area contributed by atoms with Crippen LogP contribution in [0, 0.1) is 0 Å². The molecule has 138 valence electrons. The van der Waals surface area contributed by atoms with E-state index < -0.39 is 30.1 Å². The van der Waals surface area contributed by atoms with Gasteiger partial charge in [-0.05, 0) is 31.0 Å². The van der Waals surface area contributed by atoms with Crippen LogP contribution in [0.5, 0.6) is 0 Å². The Kier molecular flexibility index (Phi) is 6.32. The standard InChI is InChI=1S/C17H20ClF3N2O2/c1-11(24)23(10-16(25)22-13-5-3-2-4-6-13)15-8-7-12(18)9-14(15)17(19,20)21/h7-9,13H,2-6,10H2,1H3,(H,22,25). The smallest absolute Gasteiger partial charge is 0.352 e. The van der Waals surface area contributed by atoms with Crippen molar-refractivity contribution in [1.29, 1.82) is 0 Å². The van der Waals surface area contributed by atoms with Crippen molar-refractivity contribution in [2.24, 2.45) is 0 Å². The average molecular weight is 377 g/mol. The molecule has 2 rings (SSSR count). The number of hydrogen-bond donors (Lipinski definition) is 1. The molecule has 1 N–H and O–H groups in total. The quantitative estimate of drug-likeness (QED) is 0.857. The molecule has 1 aromatic carbocycles. The second-order valence-corrected chi connectivity index (χ2v) is 6.60. The predicted octanol–water partition coefficient (Wildman–Crippen LogP) is 4.16. The average Bonchev–Trinajstić information content (AvgIpc) is 2.53. The lowest BCUT2D eigenvalue weighted by Gasteiger charge is -2.27. The zero-order valence-corrected chi connectivity index (χ0v) is 14.6. The Morgan fingerprint density at radius 2 is 1.88 bits per heavy atom. The molecule has 8 heteroatoms. The van der Waals surface area contributed by atoms with Gasteiger partial charge in [-0.15, -0.1) is 0 Å². The summed E-state index contributed by atoms with van der Waals surface area (Å²) in [5, 5.41) is 2.71. The van der Waals surface area contributed by atoms with Crippen molar-refractivity contribution in [3.63, 3.8) is 0 Å². The molecule has 1 saturated carbocycles. The van der Waals surface area contributed by atoms with Gasteiger partial charge >= 0.3 is 6.18 Å². The molecule has 4 nitrogen and oxygen atoms in total. The Labute approximate surface area is 149 Å². The van der Waals surface area contributed by atoms with Gasteiger partial charge in [-0.2, -0.15) is 13.2 Å². The zero-order valence-electron chi connectivity index (χ0n) is 13.8. The SMILES string of the molecule is CC(=O)N(CC(=O)NC1CCCCC1)c1ccc(Cl)cc1C(F)(F)F. The van der Waals surface area contributed by atoms with E-state index in [9.17, 15) is 22.8 Å². The molecule has 0 heterocycles. The minimum atomic E-state index is -4.69. The maximum atomic E-state index is 13.3. The maximum absolute atomic E-state index is 13.3. The van der Waals surface area contributed by atoms with Crippen LogP contribution in [0.1, 0.15) is 44.6 Å². The Morgan fingerprint density at radius 3 is 2.44 bits per heavy atom. The molecule has 0 radical (unpaired) electrons. The number of alkyl halides is 3. The van der Waals surface area contributed by atoms with Gasteiger partial charge in [-0.1, -0.05) is 30.9 Å². The summed E-state index contributed by atoms with van der Waals surface area (Å²) in [7, 11) is 0. The van der Waals surface area contributed by atoms with Crippen LogP contribution < -0.4 is 10.2 Å². The third-order valence-electron chi connectivity index (χ3n) is 4.21. The van der Waals surface area contributed by atoms with Crippen LogP contribution in [0.4, 0.5) is 18.9 Å². The van der Waals surface area contributed by atoms with Crippen molar-refractivity contribution in [3.8, 4) is 0 Å². The van der Waals surface area contributed by atoms with Gasteiger partial charge < -0.3 is 10.2 Å². The molecule has 0 saturated heterocycles. The highest BCUT2D eigenvalue weighted by Crippen LogP contribution is 2.38. The maximum Gasteiger partial charge on any atom is 0.418 e. The third-order valence-corrected chi connectivity index (χ3v) is 4.44. The summed E-state index contributed by atoms with van der Waals surface area (Å²) in [6, 6.07) is 3.15. The molecule has 1 aromatic rings. The Morgan fingerprint density at radius 1 is 1.24 bits per heavy atom. The Balaban J connectivity index is 2.20. The van der Waals surface area contributed by atoms with Gasteiger partial charge in [-0.25, -0.2) is 0 Å². The number of halogens is 4. The minimum absolute atomic E-state index is 0.0161. The second kappa shape index (κ2) is 8.08. The molecule has 0 aromatic heterocycles. The summed E-state index contributed by atoms with van der Waals surface area (Å²) < 4.78 is 39.8. The highest BCUT2D eigenvalue weighted by atomic mass is 35.5. The molecule has 0 bridgehead atoms. The van der Waals surface area contributed by atoms with E-state index in [1.165, 1.54) is 6.07 Å². The van der Waals surface area contributed by atoms with Gasteiger partial charge in [0.1, 0.15) is 6.54 Å². The van der Waals surface area contributed by atoms with Gasteiger partial charge in [0.2, 0.25) is 11.8 Å². The van der Waals surface area contributed by atoms with Gasteiger partial charge in [0, 0.05) is 18.0 Å². The highest BCUT2D eigenvalue weighted by molar-refractivity contribution is 6.30. The van der Waals surface area contributed by atoms with Crippen molar-refractivity contribution >= 4 is 29.1 Å². The summed E-state index contributed by atoms with van der Waals surface area (Å²) in [4.78, 5) is 24.9. The second-order valence-electron chi connectivity index (χ2n) is 6.17. The number of benzene rings is 1. The van der Waals surface area contributed by atoms with E-state index in [-0.39, 0.29) is 16.8 Å². The van der Waals surface area contributed by atoms with Crippen molar-refractivity contribution in [3.05, 3.63) is 28.8 Å². The molecular weight excluding hydrogens is 357 g/mol. The van der Waals surface area contributed by atoms with E-state index in [0.717, 1.165) is 56.1 Å². The first-order valence-corrected chi connectivity index (χ1v) is 8.50. The first kappa shape index (κ1) is 19.6. The topological polar surface area (TPSA) is 49.4 Å². The number of anilines is 1. The van der Waals surface area contributed by atoms with Gasteiger partial charge in [0.15, 0.2) is 0 Å². The van der Waals surface area contributed by atoms with E-state index in [4.69, 9.17) is 11.6 Å². The third kappa shape index (κ3) is 5.36. The molecule has 25 heavy (non-hydrogen) atoms. The summed E-state index contributed by atoms with van der Waals surface area (Å²) in [5.41, 5.74) is -1.41.